The smallest absolute Gasteiger partial charge is 0.255 e. The molecule has 0 saturated carbocycles. The van der Waals surface area contributed by atoms with Gasteiger partial charge in [-0.1, -0.05) is 49.4 Å². The first-order valence-electron chi connectivity index (χ1n) is 12.3. The fraction of sp³-hybridized carbons (Fsp3) is 0.370. The Morgan fingerprint density at radius 2 is 1.92 bits per heavy atom. The first-order chi connectivity index (χ1) is 17.4. The number of allylic oxidation sites excluding steroid dienone is 1. The number of amides is 1. The van der Waals surface area contributed by atoms with Crippen LogP contribution in [0.2, 0.25) is 0 Å². The summed E-state index contributed by atoms with van der Waals surface area (Å²) in [6, 6.07) is 15.3. The molecule has 2 aromatic carbocycles. The van der Waals surface area contributed by atoms with Crippen molar-refractivity contribution in [3.05, 3.63) is 65.4 Å². The largest absolute Gasteiger partial charge is 0.492 e. The Hall–Kier alpha value is -3.46. The van der Waals surface area contributed by atoms with E-state index in [4.69, 9.17) is 14.8 Å². The molecule has 1 aliphatic heterocycles. The molecule has 1 aliphatic rings. The van der Waals surface area contributed by atoms with Crippen LogP contribution in [0.1, 0.15) is 45.2 Å². The van der Waals surface area contributed by atoms with Gasteiger partial charge >= 0.3 is 0 Å². The van der Waals surface area contributed by atoms with Gasteiger partial charge in [0.2, 0.25) is 11.1 Å². The quantitative estimate of drug-likeness (QED) is 0.275. The van der Waals surface area contributed by atoms with Crippen molar-refractivity contribution < 1.29 is 9.53 Å². The monoisotopic (exact) mass is 506 g/mol. The normalized spacial score (nSPS) is 14.8. The number of anilines is 3. The van der Waals surface area contributed by atoms with E-state index < -0.39 is 6.04 Å². The summed E-state index contributed by atoms with van der Waals surface area (Å²) in [4.78, 5) is 20.6. The fourth-order valence-corrected chi connectivity index (χ4v) is 5.01. The Labute approximate surface area is 217 Å². The molecule has 2 heterocycles. The van der Waals surface area contributed by atoms with Crippen molar-refractivity contribution in [2.75, 3.05) is 42.0 Å². The molecule has 0 radical (unpaired) electrons. The van der Waals surface area contributed by atoms with Gasteiger partial charge in [-0.05, 0) is 50.1 Å². The van der Waals surface area contributed by atoms with Crippen molar-refractivity contribution in [1.82, 2.24) is 14.8 Å². The number of rotatable bonds is 10. The van der Waals surface area contributed by atoms with E-state index in [1.165, 1.54) is 0 Å². The van der Waals surface area contributed by atoms with E-state index in [0.717, 1.165) is 35.5 Å². The average molecular weight is 507 g/mol. The molecule has 190 valence electrons. The zero-order chi connectivity index (χ0) is 25.7. The second-order valence-electron chi connectivity index (χ2n) is 8.80. The maximum absolute atomic E-state index is 13.8. The summed E-state index contributed by atoms with van der Waals surface area (Å²) in [5.74, 6) is 2.02. The van der Waals surface area contributed by atoms with Crippen LogP contribution in [-0.4, -0.2) is 47.1 Å². The van der Waals surface area contributed by atoms with E-state index in [1.807, 2.05) is 56.9 Å². The summed E-state index contributed by atoms with van der Waals surface area (Å²) in [5, 5.41) is 11.9. The number of hydrogen-bond donors (Lipinski definition) is 2. The van der Waals surface area contributed by atoms with Crippen LogP contribution in [0.5, 0.6) is 5.75 Å². The predicted molar refractivity (Wildman–Crippen MR) is 147 cm³/mol. The van der Waals surface area contributed by atoms with Crippen LogP contribution in [0, 0.1) is 0 Å². The number of nitrogens with one attached hydrogen (secondary N) is 2. The molecule has 0 saturated heterocycles. The van der Waals surface area contributed by atoms with Gasteiger partial charge in [-0.25, -0.2) is 4.68 Å². The zero-order valence-corrected chi connectivity index (χ0v) is 22.4. The van der Waals surface area contributed by atoms with E-state index >= 15 is 0 Å². The minimum Gasteiger partial charge on any atom is -0.492 e. The molecule has 1 amide bonds. The third-order valence-electron chi connectivity index (χ3n) is 5.97. The van der Waals surface area contributed by atoms with Crippen LogP contribution >= 0.6 is 11.8 Å². The first kappa shape index (κ1) is 25.6. The van der Waals surface area contributed by atoms with Gasteiger partial charge in [-0.15, -0.1) is 5.10 Å². The average Bonchev–Trinajstić information content (AvgIpc) is 3.27. The third-order valence-corrected chi connectivity index (χ3v) is 6.89. The Morgan fingerprint density at radius 3 is 2.61 bits per heavy atom. The maximum atomic E-state index is 13.8. The lowest BCUT2D eigenvalue weighted by molar-refractivity contribution is -0.113. The van der Waals surface area contributed by atoms with E-state index in [-0.39, 0.29) is 5.91 Å². The summed E-state index contributed by atoms with van der Waals surface area (Å²) in [6.45, 7) is 6.51. The van der Waals surface area contributed by atoms with Gasteiger partial charge < -0.3 is 20.3 Å². The molecule has 8 nitrogen and oxygen atoms in total. The van der Waals surface area contributed by atoms with Gasteiger partial charge in [-0.3, -0.25) is 4.79 Å². The van der Waals surface area contributed by atoms with Crippen LogP contribution in [0.15, 0.2) is 65.0 Å². The molecule has 0 aliphatic carbocycles. The molecule has 1 unspecified atom stereocenters. The molecule has 0 bridgehead atoms. The zero-order valence-electron chi connectivity index (χ0n) is 21.5. The molecule has 2 N–H and O–H groups in total. The molecule has 0 spiro atoms. The van der Waals surface area contributed by atoms with Crippen LogP contribution in [0.25, 0.3) is 0 Å². The summed E-state index contributed by atoms with van der Waals surface area (Å²) in [7, 11) is 4.02. The molecule has 9 heteroatoms. The molecule has 1 aromatic heterocycles. The minimum atomic E-state index is -0.426. The summed E-state index contributed by atoms with van der Waals surface area (Å²) >= 11 is 1.64. The van der Waals surface area contributed by atoms with Gasteiger partial charge in [0.1, 0.15) is 11.8 Å². The topological polar surface area (TPSA) is 84.3 Å². The third kappa shape index (κ3) is 5.51. The number of nitrogens with zero attached hydrogens (tertiary/aromatic N) is 4. The number of hydrogen-bond acceptors (Lipinski definition) is 7. The summed E-state index contributed by atoms with van der Waals surface area (Å²) in [5.41, 5.74) is 4.00. The summed E-state index contributed by atoms with van der Waals surface area (Å²) in [6.07, 6.45) is 2.22. The van der Waals surface area contributed by atoms with Crippen molar-refractivity contribution in [3.63, 3.8) is 0 Å². The fourth-order valence-electron chi connectivity index (χ4n) is 4.10. The number of carbonyl (C=O) groups is 1. The van der Waals surface area contributed by atoms with Crippen molar-refractivity contribution in [2.24, 2.45) is 0 Å². The van der Waals surface area contributed by atoms with Crippen molar-refractivity contribution in [2.45, 2.75) is 44.8 Å². The number of benzene rings is 2. The lowest BCUT2D eigenvalue weighted by Gasteiger charge is -2.29. The van der Waals surface area contributed by atoms with Crippen molar-refractivity contribution in [1.29, 1.82) is 0 Å². The van der Waals surface area contributed by atoms with Crippen LogP contribution in [0.3, 0.4) is 0 Å². The molecule has 36 heavy (non-hydrogen) atoms. The highest BCUT2D eigenvalue weighted by Crippen LogP contribution is 2.38. The number of ether oxygens (including phenoxy) is 1. The van der Waals surface area contributed by atoms with E-state index in [0.29, 0.717) is 34.7 Å². The van der Waals surface area contributed by atoms with Gasteiger partial charge in [0.05, 0.1) is 17.9 Å². The number of para-hydroxylation sites is 2. The number of aromatic nitrogens is 3. The summed E-state index contributed by atoms with van der Waals surface area (Å²) < 4.78 is 7.55. The van der Waals surface area contributed by atoms with Crippen LogP contribution in [0.4, 0.5) is 17.3 Å². The van der Waals surface area contributed by atoms with Crippen LogP contribution in [-0.2, 0) is 4.79 Å². The van der Waals surface area contributed by atoms with Crippen molar-refractivity contribution >= 4 is 35.0 Å². The number of fused-ring (bicyclic) bond motifs is 1. The standard InChI is InChI=1S/C27H34N6O2S/c1-6-8-17-36-27-30-26-28-18(3)23(25(34)29-21-11-9-10-12-22(21)35-7-2)24(33(26)31-27)19-13-15-20(16-14-19)32(4)5/h9-16,24H,6-8,17H2,1-5H3,(H,29,34)(H,28,30,31). The molecular formula is C27H34N6O2S. The predicted octanol–water partition coefficient (Wildman–Crippen LogP) is 5.56. The Balaban J connectivity index is 1.73. The maximum Gasteiger partial charge on any atom is 0.255 e. The molecule has 1 atom stereocenters. The second-order valence-corrected chi connectivity index (χ2v) is 9.86. The highest BCUT2D eigenvalue weighted by molar-refractivity contribution is 7.99. The number of carbonyl (C=O) groups excluding carboxylic acids is 1. The van der Waals surface area contributed by atoms with Crippen LogP contribution < -0.4 is 20.3 Å². The first-order valence-corrected chi connectivity index (χ1v) is 13.3. The van der Waals surface area contributed by atoms with E-state index in [1.54, 1.807) is 11.8 Å². The van der Waals surface area contributed by atoms with Gasteiger partial charge in [0.15, 0.2) is 0 Å². The van der Waals surface area contributed by atoms with Gasteiger partial charge in [0.25, 0.3) is 5.91 Å². The SMILES string of the molecule is CCCCSc1nc2n(n1)C(c1ccc(N(C)C)cc1)C(C(=O)Nc1ccccc1OCC)=C(C)N2. The molecule has 3 aromatic rings. The second kappa shape index (κ2) is 11.5. The number of unbranched alkanes of at least 4 members (excludes halogenated alkanes) is 1. The Kier molecular flexibility index (Phi) is 8.20. The highest BCUT2D eigenvalue weighted by Gasteiger charge is 2.34. The van der Waals surface area contributed by atoms with Gasteiger partial charge in [0, 0.05) is 31.2 Å². The highest BCUT2D eigenvalue weighted by atomic mass is 32.2. The van der Waals surface area contributed by atoms with Crippen molar-refractivity contribution in [3.8, 4) is 5.75 Å². The van der Waals surface area contributed by atoms with E-state index in [9.17, 15) is 4.79 Å². The molecule has 0 fully saturated rings. The molecule has 4 rings (SSSR count). The van der Waals surface area contributed by atoms with Gasteiger partial charge in [-0.2, -0.15) is 4.98 Å². The Morgan fingerprint density at radius 1 is 1.17 bits per heavy atom. The lowest BCUT2D eigenvalue weighted by Crippen LogP contribution is -2.31. The lowest BCUT2D eigenvalue weighted by atomic mass is 9.94. The molecular weight excluding hydrogens is 472 g/mol. The Bertz CT molecular complexity index is 1240. The number of thioether (sulfide) groups is 1. The minimum absolute atomic E-state index is 0.213. The van der Waals surface area contributed by atoms with E-state index in [2.05, 4.69) is 46.7 Å².